The van der Waals surface area contributed by atoms with Gasteiger partial charge in [0.15, 0.2) is 0 Å². The van der Waals surface area contributed by atoms with E-state index >= 15 is 0 Å². The van der Waals surface area contributed by atoms with E-state index in [1.54, 1.807) is 6.08 Å². The van der Waals surface area contributed by atoms with Gasteiger partial charge in [-0.3, -0.25) is 9.35 Å². The van der Waals surface area contributed by atoms with Gasteiger partial charge in [-0.05, 0) is 32.1 Å². The Hall–Kier alpha value is -1.22. The zero-order valence-electron chi connectivity index (χ0n) is 31.9. The second-order valence-corrected chi connectivity index (χ2v) is 15.9. The summed E-state index contributed by atoms with van der Waals surface area (Å²) in [6.07, 6.45) is 40.9. The molecule has 0 aromatic carbocycles. The fourth-order valence-electron chi connectivity index (χ4n) is 6.30. The van der Waals surface area contributed by atoms with Gasteiger partial charge in [0.05, 0.1) is 17.9 Å². The highest BCUT2D eigenvalue weighted by Crippen LogP contribution is 2.15. The van der Waals surface area contributed by atoms with E-state index in [1.807, 2.05) is 0 Å². The Labute approximate surface area is 303 Å². The molecule has 0 aromatic heterocycles. The lowest BCUT2D eigenvalue weighted by atomic mass is 10.0. The van der Waals surface area contributed by atoms with Crippen LogP contribution in [0.3, 0.4) is 0 Å². The molecule has 4 N–H and O–H groups in total. The van der Waals surface area contributed by atoms with Gasteiger partial charge in [0.2, 0.25) is 5.91 Å². The molecule has 0 aromatic rings. The first-order chi connectivity index (χ1) is 23.7. The van der Waals surface area contributed by atoms with E-state index in [9.17, 15) is 28.0 Å². The molecule has 0 saturated heterocycles. The Morgan fingerprint density at radius 2 is 0.918 bits per heavy atom. The summed E-state index contributed by atoms with van der Waals surface area (Å²) in [5.41, 5.74) is 0. The second kappa shape index (κ2) is 35.2. The number of carbonyl (C=O) groups excluding carboxylic acids is 1. The predicted molar refractivity (Wildman–Crippen MR) is 208 cm³/mol. The van der Waals surface area contributed by atoms with E-state index < -0.39 is 40.0 Å². The lowest BCUT2D eigenvalue weighted by Gasteiger charge is -2.22. The van der Waals surface area contributed by atoms with E-state index in [0.29, 0.717) is 12.8 Å². The van der Waals surface area contributed by atoms with Crippen molar-refractivity contribution in [1.29, 1.82) is 0 Å². The zero-order chi connectivity index (χ0) is 36.3. The molecular weight excluding hydrogens is 635 g/mol. The number of aliphatic hydroxyl groups is 2. The van der Waals surface area contributed by atoms with Crippen molar-refractivity contribution in [2.45, 2.75) is 225 Å². The topological polar surface area (TPSA) is 124 Å². The quantitative estimate of drug-likeness (QED) is 0.0289. The minimum atomic E-state index is -4.45. The predicted octanol–water partition coefficient (Wildman–Crippen LogP) is 10.9. The summed E-state index contributed by atoms with van der Waals surface area (Å²) >= 11 is 0. The van der Waals surface area contributed by atoms with Crippen molar-refractivity contribution in [3.63, 3.8) is 0 Å². The SMILES string of the molecule is CCCCCCCCCCC/C=C/CC/C=C/C(O)C(CS(=O)(=O)O)NC(=O)C(O)CCCCCCCCCCCCCCCCCCC. The standard InChI is InChI=1S/C41H79NO6S/c1-3-5-7-9-11-13-15-17-19-20-22-24-26-28-30-32-34-36-40(44)41(45)42-38(37-49(46,47)48)39(43)35-33-31-29-27-25-23-21-18-16-14-12-10-8-6-4-2/h25,27,33,35,38-40,43-44H,3-24,26,28-32,34,36-37H2,1-2H3,(H,42,45)(H,46,47,48)/b27-25+,35-33+. The van der Waals surface area contributed by atoms with Crippen LogP contribution in [0.1, 0.15) is 206 Å². The third kappa shape index (κ3) is 35.0. The zero-order valence-corrected chi connectivity index (χ0v) is 32.8. The Morgan fingerprint density at radius 3 is 1.35 bits per heavy atom. The number of unbranched alkanes of at least 4 members (excludes halogenated alkanes) is 26. The maximum Gasteiger partial charge on any atom is 0.267 e. The van der Waals surface area contributed by atoms with E-state index in [-0.39, 0.29) is 6.42 Å². The molecular formula is C41H79NO6S. The summed E-state index contributed by atoms with van der Waals surface area (Å²) in [4.78, 5) is 12.6. The first-order valence-corrected chi connectivity index (χ1v) is 22.3. The van der Waals surface area contributed by atoms with E-state index in [1.165, 1.54) is 147 Å². The van der Waals surface area contributed by atoms with Crippen molar-refractivity contribution in [2.75, 3.05) is 5.75 Å². The number of allylic oxidation sites excluding steroid dienone is 3. The van der Waals surface area contributed by atoms with Crippen LogP contribution in [0.25, 0.3) is 0 Å². The first kappa shape index (κ1) is 47.8. The Balaban J connectivity index is 4.06. The van der Waals surface area contributed by atoms with Crippen LogP contribution in [0.15, 0.2) is 24.3 Å². The molecule has 0 aliphatic rings. The Morgan fingerprint density at radius 1 is 0.551 bits per heavy atom. The number of aliphatic hydroxyl groups excluding tert-OH is 2. The molecule has 0 spiro atoms. The van der Waals surface area contributed by atoms with Crippen molar-refractivity contribution in [1.82, 2.24) is 5.32 Å². The van der Waals surface area contributed by atoms with Crippen molar-refractivity contribution in [3.05, 3.63) is 24.3 Å². The fraction of sp³-hybridized carbons (Fsp3) is 0.878. The molecule has 0 bridgehead atoms. The van der Waals surface area contributed by atoms with Crippen LogP contribution >= 0.6 is 0 Å². The summed E-state index contributed by atoms with van der Waals surface area (Å²) in [5.74, 6) is -1.55. The monoisotopic (exact) mass is 714 g/mol. The highest BCUT2D eigenvalue weighted by molar-refractivity contribution is 7.85. The van der Waals surface area contributed by atoms with Crippen LogP contribution in [-0.2, 0) is 14.9 Å². The molecule has 7 nitrogen and oxygen atoms in total. The molecule has 49 heavy (non-hydrogen) atoms. The Bertz CT molecular complexity index is 890. The van der Waals surface area contributed by atoms with Crippen LogP contribution in [-0.4, -0.2) is 53.1 Å². The number of amides is 1. The molecule has 0 radical (unpaired) electrons. The molecule has 0 heterocycles. The van der Waals surface area contributed by atoms with Crippen LogP contribution in [0.5, 0.6) is 0 Å². The Kier molecular flexibility index (Phi) is 34.3. The van der Waals surface area contributed by atoms with Gasteiger partial charge < -0.3 is 15.5 Å². The van der Waals surface area contributed by atoms with E-state index in [4.69, 9.17) is 0 Å². The average Bonchev–Trinajstić information content (AvgIpc) is 3.06. The van der Waals surface area contributed by atoms with Crippen molar-refractivity contribution >= 4 is 16.0 Å². The lowest BCUT2D eigenvalue weighted by molar-refractivity contribution is -0.130. The maximum atomic E-state index is 12.6. The molecule has 0 aliphatic heterocycles. The third-order valence-corrected chi connectivity index (χ3v) is 10.3. The molecule has 3 atom stereocenters. The number of hydrogen-bond donors (Lipinski definition) is 4. The van der Waals surface area contributed by atoms with Crippen molar-refractivity contribution in [3.8, 4) is 0 Å². The third-order valence-electron chi connectivity index (χ3n) is 9.49. The minimum absolute atomic E-state index is 0.278. The minimum Gasteiger partial charge on any atom is -0.387 e. The molecule has 3 unspecified atom stereocenters. The number of rotatable bonds is 37. The van der Waals surface area contributed by atoms with Crippen LogP contribution in [0, 0.1) is 0 Å². The van der Waals surface area contributed by atoms with E-state index in [0.717, 1.165) is 32.1 Å². The largest absolute Gasteiger partial charge is 0.387 e. The van der Waals surface area contributed by atoms with E-state index in [2.05, 4.69) is 31.3 Å². The van der Waals surface area contributed by atoms with Crippen molar-refractivity contribution < 1.29 is 28.0 Å². The maximum absolute atomic E-state index is 12.6. The number of hydrogen-bond acceptors (Lipinski definition) is 5. The van der Waals surface area contributed by atoms with Gasteiger partial charge in [0.25, 0.3) is 10.1 Å². The number of nitrogens with one attached hydrogen (secondary N) is 1. The summed E-state index contributed by atoms with van der Waals surface area (Å²) in [6, 6.07) is -1.24. The van der Waals surface area contributed by atoms with Crippen molar-refractivity contribution in [2.24, 2.45) is 0 Å². The molecule has 0 rings (SSSR count). The number of carbonyl (C=O) groups is 1. The molecule has 0 fully saturated rings. The molecule has 0 aliphatic carbocycles. The molecule has 290 valence electrons. The second-order valence-electron chi connectivity index (χ2n) is 14.4. The van der Waals surface area contributed by atoms with Crippen LogP contribution in [0.4, 0.5) is 0 Å². The highest BCUT2D eigenvalue weighted by Gasteiger charge is 2.27. The van der Waals surface area contributed by atoms with Crippen LogP contribution < -0.4 is 5.32 Å². The lowest BCUT2D eigenvalue weighted by Crippen LogP contribution is -2.50. The normalized spacial score (nSPS) is 14.1. The highest BCUT2D eigenvalue weighted by atomic mass is 32.2. The van der Waals surface area contributed by atoms with Gasteiger partial charge in [0.1, 0.15) is 6.10 Å². The fourth-order valence-corrected chi connectivity index (χ4v) is 7.03. The van der Waals surface area contributed by atoms with Gasteiger partial charge in [-0.2, -0.15) is 8.42 Å². The molecule has 0 saturated carbocycles. The molecule has 1 amide bonds. The van der Waals surface area contributed by atoms with Gasteiger partial charge in [0, 0.05) is 0 Å². The summed E-state index contributed by atoms with van der Waals surface area (Å²) in [7, 11) is -4.45. The average molecular weight is 714 g/mol. The molecule has 8 heteroatoms. The van der Waals surface area contributed by atoms with Crippen LogP contribution in [0.2, 0.25) is 0 Å². The van der Waals surface area contributed by atoms with Gasteiger partial charge in [-0.1, -0.05) is 199 Å². The summed E-state index contributed by atoms with van der Waals surface area (Å²) in [6.45, 7) is 4.51. The summed E-state index contributed by atoms with van der Waals surface area (Å²) in [5, 5.41) is 23.4. The van der Waals surface area contributed by atoms with Gasteiger partial charge in [-0.15, -0.1) is 0 Å². The van der Waals surface area contributed by atoms with Gasteiger partial charge >= 0.3 is 0 Å². The first-order valence-electron chi connectivity index (χ1n) is 20.6. The summed E-state index contributed by atoms with van der Waals surface area (Å²) < 4.78 is 32.5. The van der Waals surface area contributed by atoms with Gasteiger partial charge in [-0.25, -0.2) is 0 Å². The smallest absolute Gasteiger partial charge is 0.267 e.